The Bertz CT molecular complexity index is 42.9. The third kappa shape index (κ3) is 4.11. The average molecular weight is 94.1 g/mol. The first-order valence-corrected chi connectivity index (χ1v) is 2.63. The summed E-state index contributed by atoms with van der Waals surface area (Å²) in [5.74, 6) is 0. The molecule has 0 aliphatic heterocycles. The largest absolute Gasteiger partial charge is 0.294 e. The number of hydrogen-bond donors (Lipinski definition) is 0. The van der Waals surface area contributed by atoms with Gasteiger partial charge in [0.25, 0.3) is 0 Å². The standard InChI is InChI=1S/C2H6O2S/c1-4-5(2)3/h1-2H3/t5-/m0/s1. The molecule has 0 aliphatic rings. The summed E-state index contributed by atoms with van der Waals surface area (Å²) >= 11 is -1.07. The molecule has 0 saturated carbocycles. The molecule has 1 atom stereocenters. The lowest BCUT2D eigenvalue weighted by molar-refractivity contribution is 0.450. The van der Waals surface area contributed by atoms with Gasteiger partial charge in [0.1, 0.15) is 0 Å². The van der Waals surface area contributed by atoms with E-state index in [9.17, 15) is 4.21 Å². The molecular weight excluding hydrogens is 88.1 g/mol. The van der Waals surface area contributed by atoms with E-state index in [0.717, 1.165) is 0 Å². The second kappa shape index (κ2) is 2.35. The summed E-state index contributed by atoms with van der Waals surface area (Å²) in [7, 11) is 1.40. The van der Waals surface area contributed by atoms with E-state index in [4.69, 9.17) is 0 Å². The summed E-state index contributed by atoms with van der Waals surface area (Å²) in [5, 5.41) is 0. The van der Waals surface area contributed by atoms with Gasteiger partial charge >= 0.3 is 0 Å². The Balaban J connectivity index is 2.85. The first kappa shape index (κ1) is 5.11. The van der Waals surface area contributed by atoms with E-state index < -0.39 is 11.1 Å². The lowest BCUT2D eigenvalue weighted by atomic mass is 11.8. The van der Waals surface area contributed by atoms with Crippen molar-refractivity contribution in [1.82, 2.24) is 0 Å². The zero-order chi connectivity index (χ0) is 4.28. The highest BCUT2D eigenvalue weighted by Gasteiger charge is 1.72. The first-order valence-electron chi connectivity index (χ1n) is 1.15. The Morgan fingerprint density at radius 3 is 2.00 bits per heavy atom. The zero-order valence-corrected chi connectivity index (χ0v) is 4.04. The maximum absolute atomic E-state index is 9.70. The fourth-order valence-corrected chi connectivity index (χ4v) is 0. The first-order chi connectivity index (χ1) is 2.27. The molecule has 0 fully saturated rings. The van der Waals surface area contributed by atoms with Crippen molar-refractivity contribution in [2.45, 2.75) is 0 Å². The molecule has 0 aromatic rings. The van der Waals surface area contributed by atoms with Crippen molar-refractivity contribution in [2.24, 2.45) is 0 Å². The van der Waals surface area contributed by atoms with Gasteiger partial charge in [0.15, 0.2) is 11.1 Å². The topological polar surface area (TPSA) is 26.3 Å². The van der Waals surface area contributed by atoms with Gasteiger partial charge in [-0.3, -0.25) is 4.18 Å². The Kier molecular flexibility index (Phi) is 2.41. The molecule has 0 amide bonds. The van der Waals surface area contributed by atoms with E-state index in [0.29, 0.717) is 0 Å². The monoisotopic (exact) mass is 94.0 g/mol. The molecule has 3 heteroatoms. The highest BCUT2D eigenvalue weighted by molar-refractivity contribution is 7.79. The second-order valence-corrected chi connectivity index (χ2v) is 1.70. The Labute approximate surface area is 33.8 Å². The summed E-state index contributed by atoms with van der Waals surface area (Å²) in [6, 6.07) is 0. The highest BCUT2D eigenvalue weighted by atomic mass is 32.2. The van der Waals surface area contributed by atoms with Crippen LogP contribution in [0.25, 0.3) is 0 Å². The molecule has 0 aliphatic carbocycles. The molecule has 0 saturated heterocycles. The Morgan fingerprint density at radius 1 is 1.80 bits per heavy atom. The smallest absolute Gasteiger partial charge is 0.151 e. The lowest BCUT2D eigenvalue weighted by Gasteiger charge is -1.78. The van der Waals surface area contributed by atoms with E-state index in [1.807, 2.05) is 0 Å². The average Bonchev–Trinajstić information content (AvgIpc) is 1.38. The number of rotatable bonds is 1. The third-order valence-corrected chi connectivity index (χ3v) is 0.704. The summed E-state index contributed by atoms with van der Waals surface area (Å²) in [6.07, 6.45) is 1.47. The quantitative estimate of drug-likeness (QED) is 0.454. The summed E-state index contributed by atoms with van der Waals surface area (Å²) < 4.78 is 13.9. The fraction of sp³-hybridized carbons (Fsp3) is 1.00. The van der Waals surface area contributed by atoms with E-state index in [1.54, 1.807) is 0 Å². The van der Waals surface area contributed by atoms with Gasteiger partial charge in [0, 0.05) is 6.26 Å². The van der Waals surface area contributed by atoms with Crippen LogP contribution in [0.4, 0.5) is 0 Å². The van der Waals surface area contributed by atoms with Crippen LogP contribution >= 0.6 is 0 Å². The predicted octanol–water partition coefficient (Wildman–Crippen LogP) is -0.0737. The van der Waals surface area contributed by atoms with Crippen molar-refractivity contribution < 1.29 is 8.39 Å². The summed E-state index contributed by atoms with van der Waals surface area (Å²) in [5.41, 5.74) is 0. The maximum Gasteiger partial charge on any atom is 0.151 e. The van der Waals surface area contributed by atoms with Crippen LogP contribution in [0, 0.1) is 0 Å². The van der Waals surface area contributed by atoms with Gasteiger partial charge in [-0.05, 0) is 0 Å². The van der Waals surface area contributed by atoms with Gasteiger partial charge in [0.2, 0.25) is 0 Å². The van der Waals surface area contributed by atoms with E-state index >= 15 is 0 Å². The van der Waals surface area contributed by atoms with Crippen molar-refractivity contribution in [3.05, 3.63) is 0 Å². The van der Waals surface area contributed by atoms with Crippen molar-refractivity contribution in [3.8, 4) is 0 Å². The molecule has 0 unspecified atom stereocenters. The van der Waals surface area contributed by atoms with Gasteiger partial charge in [-0.2, -0.15) is 0 Å². The van der Waals surface area contributed by atoms with Crippen molar-refractivity contribution in [3.63, 3.8) is 0 Å². The molecule has 0 spiro atoms. The Hall–Kier alpha value is 0.110. The van der Waals surface area contributed by atoms with Crippen molar-refractivity contribution >= 4 is 11.1 Å². The van der Waals surface area contributed by atoms with Crippen LogP contribution in [0.1, 0.15) is 0 Å². The molecule has 0 rings (SSSR count). The minimum Gasteiger partial charge on any atom is -0.294 e. The van der Waals surface area contributed by atoms with Crippen LogP contribution in [-0.4, -0.2) is 17.6 Å². The van der Waals surface area contributed by atoms with Crippen molar-refractivity contribution in [1.29, 1.82) is 0 Å². The van der Waals surface area contributed by atoms with Crippen LogP contribution in [0.5, 0.6) is 0 Å². The van der Waals surface area contributed by atoms with Gasteiger partial charge in [-0.25, -0.2) is 4.21 Å². The molecular formula is C2H6O2S. The van der Waals surface area contributed by atoms with E-state index in [-0.39, 0.29) is 0 Å². The van der Waals surface area contributed by atoms with E-state index in [2.05, 4.69) is 4.18 Å². The molecule has 5 heavy (non-hydrogen) atoms. The van der Waals surface area contributed by atoms with E-state index in [1.165, 1.54) is 13.4 Å². The van der Waals surface area contributed by atoms with Crippen LogP contribution in [0.15, 0.2) is 0 Å². The predicted molar refractivity (Wildman–Crippen MR) is 21.1 cm³/mol. The fourth-order valence-electron chi connectivity index (χ4n) is 0. The SMILES string of the molecule is CO[S@@](C)=O. The molecule has 0 bridgehead atoms. The summed E-state index contributed by atoms with van der Waals surface area (Å²) in [4.78, 5) is 0. The van der Waals surface area contributed by atoms with Crippen molar-refractivity contribution in [2.75, 3.05) is 13.4 Å². The van der Waals surface area contributed by atoms with Crippen LogP contribution < -0.4 is 0 Å². The molecule has 0 N–H and O–H groups in total. The van der Waals surface area contributed by atoms with Crippen LogP contribution in [0.3, 0.4) is 0 Å². The molecule has 0 aromatic heterocycles. The minimum absolute atomic E-state index is 1.07. The molecule has 0 radical (unpaired) electrons. The van der Waals surface area contributed by atoms with Crippen LogP contribution in [0.2, 0.25) is 0 Å². The normalized spacial score (nSPS) is 14.8. The second-order valence-electron chi connectivity index (χ2n) is 0.568. The molecule has 0 heterocycles. The molecule has 32 valence electrons. The zero-order valence-electron chi connectivity index (χ0n) is 3.22. The van der Waals surface area contributed by atoms with Gasteiger partial charge in [-0.1, -0.05) is 0 Å². The van der Waals surface area contributed by atoms with Gasteiger partial charge < -0.3 is 0 Å². The summed E-state index contributed by atoms with van der Waals surface area (Å²) in [6.45, 7) is 0. The molecule has 0 aromatic carbocycles. The third-order valence-electron chi connectivity index (χ3n) is 0.235. The van der Waals surface area contributed by atoms with Crippen LogP contribution in [-0.2, 0) is 15.3 Å². The molecule has 2 nitrogen and oxygen atoms in total. The van der Waals surface area contributed by atoms with Gasteiger partial charge in [0.05, 0.1) is 7.11 Å². The minimum atomic E-state index is -1.07. The van der Waals surface area contributed by atoms with Gasteiger partial charge in [-0.15, -0.1) is 0 Å². The highest BCUT2D eigenvalue weighted by Crippen LogP contribution is 1.65. The number of hydrogen-bond acceptors (Lipinski definition) is 2. The maximum atomic E-state index is 9.70. The lowest BCUT2D eigenvalue weighted by Crippen LogP contribution is -1.83. The Morgan fingerprint density at radius 2 is 2.00 bits per heavy atom.